The number of hydrogen-bond acceptors (Lipinski definition) is 3. The maximum absolute atomic E-state index is 11.7. The van der Waals surface area contributed by atoms with Crippen LogP contribution in [0.3, 0.4) is 0 Å². The predicted molar refractivity (Wildman–Crippen MR) is 60.3 cm³/mol. The molecule has 0 bridgehead atoms. The van der Waals surface area contributed by atoms with E-state index < -0.39 is 16.7 Å². The van der Waals surface area contributed by atoms with Crippen LogP contribution in [0.15, 0.2) is 0 Å². The topological polar surface area (TPSA) is 72.2 Å². The van der Waals surface area contributed by atoms with E-state index in [1.165, 1.54) is 0 Å². The molecule has 0 amide bonds. The lowest BCUT2D eigenvalue weighted by molar-refractivity contribution is 0.481. The van der Waals surface area contributed by atoms with Crippen LogP contribution in [0, 0.1) is 5.92 Å². The van der Waals surface area contributed by atoms with E-state index in [0.717, 1.165) is 12.8 Å². The van der Waals surface area contributed by atoms with Gasteiger partial charge in [0.1, 0.15) is 0 Å². The minimum Gasteiger partial charge on any atom is -0.326 e. The summed E-state index contributed by atoms with van der Waals surface area (Å²) in [5.74, 6) is 0.319. The molecule has 0 spiro atoms. The lowest BCUT2D eigenvalue weighted by Crippen LogP contribution is -2.39. The second kappa shape index (κ2) is 6.62. The second-order valence-electron chi connectivity index (χ2n) is 3.71. The van der Waals surface area contributed by atoms with Gasteiger partial charge in [0, 0.05) is 12.6 Å². The minimum absolute atomic E-state index is 0. The summed E-state index contributed by atoms with van der Waals surface area (Å²) in [6.07, 6.45) is 2.23. The van der Waals surface area contributed by atoms with E-state index in [0.29, 0.717) is 5.92 Å². The minimum atomic E-state index is -3.31. The van der Waals surface area contributed by atoms with Gasteiger partial charge in [-0.2, -0.15) is 0 Å². The number of hydrogen-bond donors (Lipinski definition) is 2. The third-order valence-corrected chi connectivity index (χ3v) is 3.75. The van der Waals surface area contributed by atoms with Crippen molar-refractivity contribution in [2.24, 2.45) is 11.7 Å². The van der Waals surface area contributed by atoms with Gasteiger partial charge in [0.2, 0.25) is 10.0 Å². The zero-order valence-electron chi connectivity index (χ0n) is 8.49. The van der Waals surface area contributed by atoms with Crippen LogP contribution in [0.2, 0.25) is 0 Å². The first-order valence-electron chi connectivity index (χ1n) is 4.84. The van der Waals surface area contributed by atoms with Crippen molar-refractivity contribution in [3.63, 3.8) is 0 Å². The van der Waals surface area contributed by atoms with Gasteiger partial charge in [0.25, 0.3) is 0 Å². The lowest BCUT2D eigenvalue weighted by atomic mass is 10.2. The zero-order valence-corrected chi connectivity index (χ0v) is 10.1. The SMILES string of the molecule is Cl.NC(CNS(=O)(=O)CCCF)C1CC1. The smallest absolute Gasteiger partial charge is 0.211 e. The molecule has 0 aromatic carbocycles. The molecule has 1 aliphatic carbocycles. The van der Waals surface area contributed by atoms with Gasteiger partial charge >= 0.3 is 0 Å². The van der Waals surface area contributed by atoms with Gasteiger partial charge in [0.05, 0.1) is 12.4 Å². The Morgan fingerprint density at radius 1 is 1.47 bits per heavy atom. The van der Waals surface area contributed by atoms with Crippen LogP contribution in [0.1, 0.15) is 19.3 Å². The van der Waals surface area contributed by atoms with Crippen LogP contribution in [0.25, 0.3) is 0 Å². The summed E-state index contributed by atoms with van der Waals surface area (Å²) in [5.41, 5.74) is 5.71. The molecule has 0 aliphatic heterocycles. The summed E-state index contributed by atoms with van der Waals surface area (Å²) in [5, 5.41) is 0. The number of sulfonamides is 1. The highest BCUT2D eigenvalue weighted by atomic mass is 35.5. The van der Waals surface area contributed by atoms with Crippen molar-refractivity contribution in [2.45, 2.75) is 25.3 Å². The molecule has 4 nitrogen and oxygen atoms in total. The van der Waals surface area contributed by atoms with Crippen molar-refractivity contribution >= 4 is 22.4 Å². The first-order valence-corrected chi connectivity index (χ1v) is 6.49. The van der Waals surface area contributed by atoms with Crippen LogP contribution < -0.4 is 10.5 Å². The van der Waals surface area contributed by atoms with E-state index in [-0.39, 0.29) is 37.2 Å². The van der Waals surface area contributed by atoms with Crippen LogP contribution in [-0.4, -0.2) is 33.4 Å². The summed E-state index contributed by atoms with van der Waals surface area (Å²) in [4.78, 5) is 0. The molecule has 0 aromatic heterocycles. The predicted octanol–water partition coefficient (Wildman–Crippen LogP) is 0.424. The lowest BCUT2D eigenvalue weighted by Gasteiger charge is -2.11. The van der Waals surface area contributed by atoms with Gasteiger partial charge < -0.3 is 5.73 Å². The quantitative estimate of drug-likeness (QED) is 0.697. The molecule has 0 saturated heterocycles. The monoisotopic (exact) mass is 260 g/mol. The maximum atomic E-state index is 11.7. The van der Waals surface area contributed by atoms with Gasteiger partial charge in [-0.15, -0.1) is 12.4 Å². The number of alkyl halides is 1. The fourth-order valence-corrected chi connectivity index (χ4v) is 2.31. The summed E-state index contributed by atoms with van der Waals surface area (Å²) in [6, 6.07) is -0.0878. The molecule has 0 heterocycles. The van der Waals surface area contributed by atoms with Gasteiger partial charge in [-0.1, -0.05) is 0 Å². The Morgan fingerprint density at radius 2 is 2.07 bits per heavy atom. The van der Waals surface area contributed by atoms with E-state index in [4.69, 9.17) is 5.73 Å². The first kappa shape index (κ1) is 15.1. The maximum Gasteiger partial charge on any atom is 0.211 e. The highest BCUT2D eigenvalue weighted by Gasteiger charge is 2.28. The van der Waals surface area contributed by atoms with Crippen LogP contribution >= 0.6 is 12.4 Å². The molecule has 1 rings (SSSR count). The molecule has 1 aliphatic rings. The fourth-order valence-electron chi connectivity index (χ4n) is 1.23. The molecular weight excluding hydrogens is 243 g/mol. The van der Waals surface area contributed by atoms with E-state index in [2.05, 4.69) is 4.72 Å². The molecule has 92 valence electrons. The van der Waals surface area contributed by atoms with Crippen LogP contribution in [-0.2, 0) is 10.0 Å². The number of nitrogens with two attached hydrogens (primary N) is 1. The van der Waals surface area contributed by atoms with Gasteiger partial charge in [-0.05, 0) is 25.2 Å². The summed E-state index contributed by atoms with van der Waals surface area (Å²) in [6.45, 7) is -0.325. The van der Waals surface area contributed by atoms with E-state index in [9.17, 15) is 12.8 Å². The largest absolute Gasteiger partial charge is 0.326 e. The molecule has 0 aromatic rings. The number of rotatable bonds is 7. The standard InChI is InChI=1S/C8H17FN2O2S.ClH/c9-4-1-5-14(12,13)11-6-8(10)7-2-3-7;/h7-8,11H,1-6,10H2;1H. The average molecular weight is 261 g/mol. The Labute approximate surface area is 96.3 Å². The summed E-state index contributed by atoms with van der Waals surface area (Å²) < 4.78 is 36.5. The van der Waals surface area contributed by atoms with Gasteiger partial charge in [-0.3, -0.25) is 4.39 Å². The summed E-state index contributed by atoms with van der Waals surface area (Å²) in [7, 11) is -3.31. The third kappa shape index (κ3) is 6.29. The van der Waals surface area contributed by atoms with Crippen LogP contribution in [0.4, 0.5) is 4.39 Å². The molecular formula is C8H18ClFN2O2S. The van der Waals surface area contributed by atoms with Crippen molar-refractivity contribution in [1.29, 1.82) is 0 Å². The molecule has 15 heavy (non-hydrogen) atoms. The average Bonchev–Trinajstić information content (AvgIpc) is 2.94. The van der Waals surface area contributed by atoms with E-state index in [1.54, 1.807) is 0 Å². The van der Waals surface area contributed by atoms with E-state index in [1.807, 2.05) is 0 Å². The van der Waals surface area contributed by atoms with Crippen molar-refractivity contribution in [3.05, 3.63) is 0 Å². The Balaban J connectivity index is 0.00000196. The highest BCUT2D eigenvalue weighted by Crippen LogP contribution is 2.31. The van der Waals surface area contributed by atoms with Crippen molar-refractivity contribution in [3.8, 4) is 0 Å². The zero-order chi connectivity index (χ0) is 10.6. The van der Waals surface area contributed by atoms with Crippen molar-refractivity contribution in [1.82, 2.24) is 4.72 Å². The first-order chi connectivity index (χ1) is 6.55. The fraction of sp³-hybridized carbons (Fsp3) is 1.00. The molecule has 0 radical (unpaired) electrons. The Kier molecular flexibility index (Phi) is 6.66. The molecule has 1 unspecified atom stereocenters. The van der Waals surface area contributed by atoms with Crippen LogP contribution in [0.5, 0.6) is 0 Å². The number of halogens is 2. The second-order valence-corrected chi connectivity index (χ2v) is 5.64. The molecule has 7 heteroatoms. The summed E-state index contributed by atoms with van der Waals surface area (Å²) >= 11 is 0. The highest BCUT2D eigenvalue weighted by molar-refractivity contribution is 7.89. The Bertz CT molecular complexity index is 270. The molecule has 1 saturated carbocycles. The number of nitrogens with one attached hydrogen (secondary N) is 1. The van der Waals surface area contributed by atoms with E-state index >= 15 is 0 Å². The molecule has 1 fully saturated rings. The third-order valence-electron chi connectivity index (χ3n) is 2.31. The Morgan fingerprint density at radius 3 is 2.53 bits per heavy atom. The van der Waals surface area contributed by atoms with Crippen molar-refractivity contribution in [2.75, 3.05) is 19.0 Å². The molecule has 3 N–H and O–H groups in total. The normalized spacial score (nSPS) is 18.3. The van der Waals surface area contributed by atoms with Crippen molar-refractivity contribution < 1.29 is 12.8 Å². The Hall–Kier alpha value is 0.0900. The van der Waals surface area contributed by atoms with Gasteiger partial charge in [-0.25, -0.2) is 13.1 Å². The van der Waals surface area contributed by atoms with Gasteiger partial charge in [0.15, 0.2) is 0 Å². The molecule has 1 atom stereocenters.